The van der Waals surface area contributed by atoms with Crippen LogP contribution in [-0.2, 0) is 16.1 Å². The topological polar surface area (TPSA) is 69.6 Å². The van der Waals surface area contributed by atoms with Crippen LogP contribution in [0.4, 0.5) is 0 Å². The molecule has 0 aromatic heterocycles. The molecule has 5 nitrogen and oxygen atoms in total. The summed E-state index contributed by atoms with van der Waals surface area (Å²) in [5, 5.41) is 12.7. The van der Waals surface area contributed by atoms with Crippen molar-refractivity contribution in [2.75, 3.05) is 13.1 Å². The molecule has 1 heterocycles. The normalized spacial score (nSPS) is 32.5. The van der Waals surface area contributed by atoms with Crippen LogP contribution in [-0.4, -0.2) is 41.0 Å². The number of hydrogen-bond donors (Lipinski definition) is 2. The van der Waals surface area contributed by atoms with Gasteiger partial charge in [0.25, 0.3) is 0 Å². The number of allylic oxidation sites excluding steroid dienone is 2. The smallest absolute Gasteiger partial charge is 0.307 e. The maximum absolute atomic E-state index is 12.8. The van der Waals surface area contributed by atoms with Crippen molar-refractivity contribution in [3.05, 3.63) is 48.0 Å². The second-order valence-electron chi connectivity index (χ2n) is 8.19. The van der Waals surface area contributed by atoms with Crippen molar-refractivity contribution < 1.29 is 14.7 Å². The van der Waals surface area contributed by atoms with E-state index in [9.17, 15) is 14.7 Å². The number of nitrogens with one attached hydrogen (secondary N) is 1. The zero-order valence-corrected chi connectivity index (χ0v) is 15.6. The van der Waals surface area contributed by atoms with Gasteiger partial charge in [-0.15, -0.1) is 0 Å². The van der Waals surface area contributed by atoms with Crippen LogP contribution in [0.3, 0.4) is 0 Å². The van der Waals surface area contributed by atoms with Crippen LogP contribution in [0.1, 0.15) is 31.2 Å². The highest BCUT2D eigenvalue weighted by Crippen LogP contribution is 2.48. The summed E-state index contributed by atoms with van der Waals surface area (Å²) in [4.78, 5) is 26.9. The van der Waals surface area contributed by atoms with Crippen molar-refractivity contribution >= 4 is 11.9 Å². The van der Waals surface area contributed by atoms with E-state index in [1.54, 1.807) is 0 Å². The molecule has 2 fully saturated rings. The van der Waals surface area contributed by atoms with Gasteiger partial charge in [-0.3, -0.25) is 14.5 Å². The van der Waals surface area contributed by atoms with Crippen LogP contribution in [0.15, 0.2) is 42.5 Å². The largest absolute Gasteiger partial charge is 0.481 e. The summed E-state index contributed by atoms with van der Waals surface area (Å²) >= 11 is 0. The Balaban J connectivity index is 1.37. The Morgan fingerprint density at radius 1 is 1.07 bits per heavy atom. The van der Waals surface area contributed by atoms with E-state index in [1.807, 2.05) is 18.2 Å². The molecule has 2 N–H and O–H groups in total. The number of rotatable bonds is 6. The van der Waals surface area contributed by atoms with E-state index in [1.165, 1.54) is 18.4 Å². The molecule has 2 aliphatic carbocycles. The lowest BCUT2D eigenvalue weighted by atomic mass is 9.82. The number of amides is 1. The number of piperidine rings is 1. The first kappa shape index (κ1) is 18.2. The Bertz CT molecular complexity index is 718. The maximum atomic E-state index is 12.8. The predicted molar refractivity (Wildman–Crippen MR) is 103 cm³/mol. The highest BCUT2D eigenvalue weighted by atomic mass is 16.4. The lowest BCUT2D eigenvalue weighted by Gasteiger charge is -2.36. The number of carbonyl (C=O) groups is 2. The van der Waals surface area contributed by atoms with E-state index in [0.29, 0.717) is 12.6 Å². The van der Waals surface area contributed by atoms with Gasteiger partial charge < -0.3 is 10.4 Å². The lowest BCUT2D eigenvalue weighted by molar-refractivity contribution is -0.147. The Hall–Kier alpha value is -2.14. The number of aliphatic carboxylic acids is 1. The van der Waals surface area contributed by atoms with Crippen molar-refractivity contribution in [3.63, 3.8) is 0 Å². The van der Waals surface area contributed by atoms with Crippen molar-refractivity contribution in [2.45, 2.75) is 38.3 Å². The molecule has 0 spiro atoms. The second-order valence-corrected chi connectivity index (χ2v) is 8.19. The molecule has 4 rings (SSSR count). The van der Waals surface area contributed by atoms with Crippen LogP contribution in [0, 0.1) is 23.7 Å². The number of carboxylic acid groups (broad SMARTS) is 1. The monoisotopic (exact) mass is 368 g/mol. The highest BCUT2D eigenvalue weighted by Gasteiger charge is 2.51. The number of carboxylic acids is 1. The van der Waals surface area contributed by atoms with Gasteiger partial charge in [-0.25, -0.2) is 0 Å². The van der Waals surface area contributed by atoms with Gasteiger partial charge in [0.05, 0.1) is 11.8 Å². The van der Waals surface area contributed by atoms with Crippen molar-refractivity contribution in [1.29, 1.82) is 0 Å². The third kappa shape index (κ3) is 3.79. The molecule has 144 valence electrons. The third-order valence-electron chi connectivity index (χ3n) is 6.54. The predicted octanol–water partition coefficient (Wildman–Crippen LogP) is 2.68. The molecule has 5 atom stereocenters. The van der Waals surface area contributed by atoms with E-state index < -0.39 is 17.8 Å². The summed E-state index contributed by atoms with van der Waals surface area (Å²) in [7, 11) is 0. The number of likely N-dealkylation sites (tertiary alicyclic amines) is 1. The van der Waals surface area contributed by atoms with Gasteiger partial charge in [0.1, 0.15) is 0 Å². The Morgan fingerprint density at radius 2 is 1.81 bits per heavy atom. The fraction of sp³-hybridized carbons (Fsp3) is 0.545. The molecule has 0 radical (unpaired) electrons. The summed E-state index contributed by atoms with van der Waals surface area (Å²) in [5.41, 5.74) is 1.29. The number of carbonyl (C=O) groups excluding carboxylic acids is 1. The minimum Gasteiger partial charge on any atom is -0.481 e. The first-order valence-corrected chi connectivity index (χ1v) is 10.1. The van der Waals surface area contributed by atoms with Gasteiger partial charge in [0.15, 0.2) is 0 Å². The Kier molecular flexibility index (Phi) is 5.30. The molecule has 1 amide bonds. The highest BCUT2D eigenvalue weighted by molar-refractivity contribution is 5.86. The molecular weight excluding hydrogens is 340 g/mol. The van der Waals surface area contributed by atoms with Gasteiger partial charge in [0.2, 0.25) is 5.91 Å². The summed E-state index contributed by atoms with van der Waals surface area (Å²) in [6.45, 7) is 2.55. The first-order valence-electron chi connectivity index (χ1n) is 10.1. The molecule has 1 aromatic rings. The minimum atomic E-state index is -0.838. The van der Waals surface area contributed by atoms with Crippen molar-refractivity contribution in [3.8, 4) is 0 Å². The zero-order chi connectivity index (χ0) is 18.8. The van der Waals surface area contributed by atoms with Gasteiger partial charge in [-0.1, -0.05) is 48.9 Å². The van der Waals surface area contributed by atoms with Crippen molar-refractivity contribution in [2.24, 2.45) is 23.7 Å². The average molecular weight is 368 g/mol. The third-order valence-corrected chi connectivity index (χ3v) is 6.54. The van der Waals surface area contributed by atoms with Crippen LogP contribution < -0.4 is 5.32 Å². The number of hydrogen-bond acceptors (Lipinski definition) is 3. The van der Waals surface area contributed by atoms with E-state index in [2.05, 4.69) is 34.5 Å². The summed E-state index contributed by atoms with van der Waals surface area (Å²) < 4.78 is 0. The molecule has 27 heavy (non-hydrogen) atoms. The number of fused-ring (bicyclic) bond motifs is 2. The summed E-state index contributed by atoms with van der Waals surface area (Å²) in [5.74, 6) is -1.79. The van der Waals surface area contributed by atoms with E-state index in [4.69, 9.17) is 0 Å². The number of nitrogens with zero attached hydrogens (tertiary/aromatic N) is 1. The molecule has 1 saturated heterocycles. The minimum absolute atomic E-state index is 0.0208. The standard InChI is InChI=1S/C22H28N2O3/c25-21(19-16-9-10-17(12-16)20(19)22(26)27)23-13-18-8-4-5-11-24(18)14-15-6-2-1-3-7-15/h1-3,6-7,9-10,16-20H,4-5,8,11-14H2,(H,23,25)(H,26,27). The van der Waals surface area contributed by atoms with Gasteiger partial charge in [-0.05, 0) is 43.2 Å². The second kappa shape index (κ2) is 7.85. The van der Waals surface area contributed by atoms with Crippen LogP contribution >= 0.6 is 0 Å². The SMILES string of the molecule is O=C(O)C1C2C=CC(C2)C1C(=O)NCC1CCCCN1Cc1ccccc1. The van der Waals surface area contributed by atoms with Gasteiger partial charge >= 0.3 is 5.97 Å². The molecule has 5 unspecified atom stereocenters. The Morgan fingerprint density at radius 3 is 2.56 bits per heavy atom. The molecule has 1 aromatic carbocycles. The zero-order valence-electron chi connectivity index (χ0n) is 15.6. The van der Waals surface area contributed by atoms with E-state index in [-0.39, 0.29) is 17.7 Å². The molecule has 1 saturated carbocycles. The average Bonchev–Trinajstić information content (AvgIpc) is 3.29. The summed E-state index contributed by atoms with van der Waals surface area (Å²) in [6, 6.07) is 10.8. The summed E-state index contributed by atoms with van der Waals surface area (Å²) in [6.07, 6.45) is 8.27. The molecule has 5 heteroatoms. The van der Waals surface area contributed by atoms with Crippen LogP contribution in [0.5, 0.6) is 0 Å². The molecule has 2 bridgehead atoms. The molecular formula is C22H28N2O3. The van der Waals surface area contributed by atoms with Gasteiger partial charge in [0, 0.05) is 19.1 Å². The number of benzene rings is 1. The molecule has 3 aliphatic rings. The van der Waals surface area contributed by atoms with Crippen LogP contribution in [0.2, 0.25) is 0 Å². The fourth-order valence-corrected chi connectivity index (χ4v) is 5.17. The first-order chi connectivity index (χ1) is 13.1. The fourth-order valence-electron chi connectivity index (χ4n) is 5.17. The quantitative estimate of drug-likeness (QED) is 0.758. The van der Waals surface area contributed by atoms with Crippen LogP contribution in [0.25, 0.3) is 0 Å². The van der Waals surface area contributed by atoms with Gasteiger partial charge in [-0.2, -0.15) is 0 Å². The van der Waals surface area contributed by atoms with E-state index >= 15 is 0 Å². The maximum Gasteiger partial charge on any atom is 0.307 e. The Labute approximate surface area is 160 Å². The van der Waals surface area contributed by atoms with Crippen molar-refractivity contribution in [1.82, 2.24) is 10.2 Å². The lowest BCUT2D eigenvalue weighted by Crippen LogP contribution is -2.48. The van der Waals surface area contributed by atoms with E-state index in [0.717, 1.165) is 25.9 Å². The molecule has 1 aliphatic heterocycles.